The predicted octanol–water partition coefficient (Wildman–Crippen LogP) is 3.46. The van der Waals surface area contributed by atoms with Crippen molar-refractivity contribution in [2.24, 2.45) is 0 Å². The van der Waals surface area contributed by atoms with E-state index in [0.29, 0.717) is 0 Å². The molecule has 1 N–H and O–H groups in total. The first-order chi connectivity index (χ1) is 13.7. The molecule has 6 nitrogen and oxygen atoms in total. The number of aromatic nitrogens is 4. The second kappa shape index (κ2) is 7.38. The molecular weight excluding hydrogens is 362 g/mol. The zero-order valence-electron chi connectivity index (χ0n) is 18.6. The number of likely N-dealkylation sites (tertiary alicyclic amines) is 1. The monoisotopic (exact) mass is 397 g/mol. The van der Waals surface area contributed by atoms with Crippen LogP contribution in [0.25, 0.3) is 0 Å². The third-order valence-electron chi connectivity index (χ3n) is 6.93. The molecule has 1 spiro atoms. The Morgan fingerprint density at radius 3 is 2.59 bits per heavy atom. The molecule has 4 rings (SSSR count). The molecule has 1 saturated heterocycles. The van der Waals surface area contributed by atoms with Crippen LogP contribution in [0.1, 0.15) is 81.7 Å². The number of hydrogen-bond acceptors (Lipinski definition) is 4. The number of nitrogens with one attached hydrogen (secondary N) is 1. The van der Waals surface area contributed by atoms with Crippen molar-refractivity contribution in [2.45, 2.75) is 90.6 Å². The molecule has 1 aliphatic heterocycles. The van der Waals surface area contributed by atoms with Gasteiger partial charge in [0.05, 0.1) is 11.9 Å². The zero-order valence-corrected chi connectivity index (χ0v) is 18.6. The van der Waals surface area contributed by atoms with Gasteiger partial charge in [-0.2, -0.15) is 5.10 Å². The maximum atomic E-state index is 12.7. The average molecular weight is 398 g/mol. The highest BCUT2D eigenvalue weighted by Crippen LogP contribution is 2.44. The molecular formula is C23H35N5O. The number of aromatic amines is 1. The lowest BCUT2D eigenvalue weighted by Gasteiger charge is -2.39. The van der Waals surface area contributed by atoms with Gasteiger partial charge in [0.15, 0.2) is 0 Å². The van der Waals surface area contributed by atoms with Gasteiger partial charge in [0, 0.05) is 40.7 Å². The Bertz CT molecular complexity index is 941. The number of H-pyrrole nitrogens is 1. The summed E-state index contributed by atoms with van der Waals surface area (Å²) < 4.78 is 2.12. The quantitative estimate of drug-likeness (QED) is 0.858. The van der Waals surface area contributed by atoms with Crippen LogP contribution >= 0.6 is 0 Å². The van der Waals surface area contributed by atoms with E-state index in [1.807, 2.05) is 6.20 Å². The van der Waals surface area contributed by atoms with E-state index < -0.39 is 0 Å². The molecule has 2 aromatic rings. The Hall–Kier alpha value is -1.95. The van der Waals surface area contributed by atoms with E-state index in [1.54, 1.807) is 0 Å². The molecule has 1 fully saturated rings. The van der Waals surface area contributed by atoms with Crippen LogP contribution in [0.5, 0.6) is 0 Å². The van der Waals surface area contributed by atoms with Crippen LogP contribution in [0.4, 0.5) is 0 Å². The summed E-state index contributed by atoms with van der Waals surface area (Å²) in [5.74, 6) is 0.823. The molecule has 0 atom stereocenters. The van der Waals surface area contributed by atoms with Gasteiger partial charge in [0.2, 0.25) is 0 Å². The summed E-state index contributed by atoms with van der Waals surface area (Å²) in [5, 5.41) is 4.56. The second-order valence-electron chi connectivity index (χ2n) is 10.0. The number of aryl methyl sites for hydroxylation is 1. The van der Waals surface area contributed by atoms with Crippen molar-refractivity contribution >= 4 is 0 Å². The SMILES string of the molecule is CCCn1ncc(CN2CCC3(CCc4c3nc(C(C)(C)C)[nH]c4=O)CC2)c1C. The Morgan fingerprint density at radius 1 is 1.21 bits per heavy atom. The third-order valence-corrected chi connectivity index (χ3v) is 6.93. The van der Waals surface area contributed by atoms with Gasteiger partial charge < -0.3 is 4.98 Å². The lowest BCUT2D eigenvalue weighted by Crippen LogP contribution is -2.42. The normalized spacial score (nSPS) is 19.1. The van der Waals surface area contributed by atoms with E-state index in [0.717, 1.165) is 75.4 Å². The van der Waals surface area contributed by atoms with Crippen LogP contribution in [0.15, 0.2) is 11.0 Å². The summed E-state index contributed by atoms with van der Waals surface area (Å²) >= 11 is 0. The van der Waals surface area contributed by atoms with Gasteiger partial charge in [-0.05, 0) is 52.1 Å². The summed E-state index contributed by atoms with van der Waals surface area (Å²) in [5.41, 5.74) is 4.68. The van der Waals surface area contributed by atoms with Gasteiger partial charge in [-0.1, -0.05) is 27.7 Å². The molecule has 0 aromatic carbocycles. The lowest BCUT2D eigenvalue weighted by atomic mass is 9.76. The Morgan fingerprint density at radius 2 is 1.93 bits per heavy atom. The Kier molecular flexibility index (Phi) is 5.18. The standard InChI is InChI=1S/C23H35N5O/c1-6-11-28-16(2)17(14-24-28)15-27-12-9-23(10-13-27)8-7-18-19(23)25-21(22(3,4)5)26-20(18)29/h14H,6-13,15H2,1-5H3,(H,25,26,29). The van der Waals surface area contributed by atoms with Crippen LogP contribution in [-0.2, 0) is 30.3 Å². The van der Waals surface area contributed by atoms with E-state index in [4.69, 9.17) is 4.98 Å². The van der Waals surface area contributed by atoms with Crippen LogP contribution < -0.4 is 5.56 Å². The number of nitrogens with zero attached hydrogens (tertiary/aromatic N) is 4. The summed E-state index contributed by atoms with van der Waals surface area (Å²) in [6.45, 7) is 14.8. The molecule has 2 aliphatic rings. The van der Waals surface area contributed by atoms with Crippen molar-refractivity contribution in [3.63, 3.8) is 0 Å². The van der Waals surface area contributed by atoms with E-state index in [2.05, 4.69) is 54.3 Å². The molecule has 2 aromatic heterocycles. The highest BCUT2D eigenvalue weighted by molar-refractivity contribution is 5.34. The van der Waals surface area contributed by atoms with Crippen LogP contribution in [0.3, 0.4) is 0 Å². The summed E-state index contributed by atoms with van der Waals surface area (Å²) in [4.78, 5) is 23.3. The van der Waals surface area contributed by atoms with Crippen LogP contribution in [0.2, 0.25) is 0 Å². The van der Waals surface area contributed by atoms with E-state index in [1.165, 1.54) is 11.3 Å². The third kappa shape index (κ3) is 3.67. The van der Waals surface area contributed by atoms with Crippen molar-refractivity contribution < 1.29 is 0 Å². The van der Waals surface area contributed by atoms with Gasteiger partial charge in [-0.25, -0.2) is 4.98 Å². The van der Waals surface area contributed by atoms with Crippen molar-refractivity contribution in [3.05, 3.63) is 44.9 Å². The zero-order chi connectivity index (χ0) is 20.8. The second-order valence-corrected chi connectivity index (χ2v) is 10.0. The molecule has 1 aliphatic carbocycles. The maximum Gasteiger partial charge on any atom is 0.254 e. The molecule has 3 heterocycles. The molecule has 158 valence electrons. The van der Waals surface area contributed by atoms with Gasteiger partial charge in [-0.15, -0.1) is 0 Å². The topological polar surface area (TPSA) is 66.8 Å². The predicted molar refractivity (Wildman–Crippen MR) is 115 cm³/mol. The highest BCUT2D eigenvalue weighted by Gasteiger charge is 2.44. The summed E-state index contributed by atoms with van der Waals surface area (Å²) in [6, 6.07) is 0. The molecule has 0 amide bonds. The minimum Gasteiger partial charge on any atom is -0.310 e. The van der Waals surface area contributed by atoms with Crippen molar-refractivity contribution in [1.82, 2.24) is 24.6 Å². The van der Waals surface area contributed by atoms with Crippen LogP contribution in [0, 0.1) is 6.92 Å². The van der Waals surface area contributed by atoms with E-state index in [9.17, 15) is 4.79 Å². The number of hydrogen-bond donors (Lipinski definition) is 1. The lowest BCUT2D eigenvalue weighted by molar-refractivity contribution is 0.149. The fourth-order valence-electron chi connectivity index (χ4n) is 4.95. The van der Waals surface area contributed by atoms with Crippen LogP contribution in [-0.4, -0.2) is 37.7 Å². The van der Waals surface area contributed by atoms with E-state index >= 15 is 0 Å². The minimum absolute atomic E-state index is 0.0817. The Balaban J connectivity index is 1.51. The molecule has 0 radical (unpaired) electrons. The largest absolute Gasteiger partial charge is 0.310 e. The van der Waals surface area contributed by atoms with Gasteiger partial charge in [-0.3, -0.25) is 14.4 Å². The minimum atomic E-state index is -0.144. The molecule has 0 saturated carbocycles. The number of rotatable bonds is 4. The van der Waals surface area contributed by atoms with Crippen molar-refractivity contribution in [3.8, 4) is 0 Å². The van der Waals surface area contributed by atoms with Gasteiger partial charge in [0.1, 0.15) is 5.82 Å². The highest BCUT2D eigenvalue weighted by atomic mass is 16.1. The van der Waals surface area contributed by atoms with Crippen molar-refractivity contribution in [1.29, 1.82) is 0 Å². The summed E-state index contributed by atoms with van der Waals surface area (Å²) in [6.07, 6.45) is 7.25. The number of piperidine rings is 1. The fourth-order valence-corrected chi connectivity index (χ4v) is 4.95. The molecule has 0 unspecified atom stereocenters. The average Bonchev–Trinajstić information content (AvgIpc) is 3.19. The molecule has 0 bridgehead atoms. The fraction of sp³-hybridized carbons (Fsp3) is 0.696. The van der Waals surface area contributed by atoms with Gasteiger partial charge >= 0.3 is 0 Å². The van der Waals surface area contributed by atoms with Gasteiger partial charge in [0.25, 0.3) is 5.56 Å². The summed E-state index contributed by atoms with van der Waals surface area (Å²) in [7, 11) is 0. The molecule has 29 heavy (non-hydrogen) atoms. The first-order valence-corrected chi connectivity index (χ1v) is 11.1. The molecule has 6 heteroatoms. The number of fused-ring (bicyclic) bond motifs is 2. The van der Waals surface area contributed by atoms with E-state index in [-0.39, 0.29) is 16.4 Å². The maximum absolute atomic E-state index is 12.7. The first kappa shape index (κ1) is 20.3. The first-order valence-electron chi connectivity index (χ1n) is 11.1. The Labute approximate surface area is 173 Å². The smallest absolute Gasteiger partial charge is 0.254 e. The van der Waals surface area contributed by atoms with Crippen molar-refractivity contribution in [2.75, 3.05) is 13.1 Å².